The van der Waals surface area contributed by atoms with Gasteiger partial charge in [0.1, 0.15) is 11.6 Å². The molecule has 0 heterocycles. The summed E-state index contributed by atoms with van der Waals surface area (Å²) in [5.41, 5.74) is 1.29. The van der Waals surface area contributed by atoms with Crippen LogP contribution >= 0.6 is 11.6 Å². The number of nitrogens with zero attached hydrogens (tertiary/aromatic N) is 1. The molecule has 0 aromatic heterocycles. The van der Waals surface area contributed by atoms with Crippen LogP contribution in [0.15, 0.2) is 24.3 Å². The van der Waals surface area contributed by atoms with Crippen LogP contribution in [0, 0.1) is 0 Å². The lowest BCUT2D eigenvalue weighted by atomic mass is 10.1. The molecule has 1 unspecified atom stereocenters. The van der Waals surface area contributed by atoms with E-state index in [1.165, 1.54) is 7.11 Å². The lowest BCUT2D eigenvalue weighted by molar-refractivity contribution is -0.143. The Morgan fingerprint density at radius 2 is 1.84 bits per heavy atom. The second-order valence-electron chi connectivity index (χ2n) is 6.70. The van der Waals surface area contributed by atoms with E-state index in [4.69, 9.17) is 21.1 Å². The van der Waals surface area contributed by atoms with Gasteiger partial charge in [0.2, 0.25) is 0 Å². The molecule has 0 aliphatic carbocycles. The Balaban J connectivity index is 2.78. The molecule has 0 bridgehead atoms. The fourth-order valence-corrected chi connectivity index (χ4v) is 2.42. The number of hydrogen-bond donors (Lipinski definition) is 1. The molecular weight excluding hydrogens is 344 g/mol. The van der Waals surface area contributed by atoms with Crippen molar-refractivity contribution in [2.24, 2.45) is 0 Å². The normalized spacial score (nSPS) is 12.2. The molecule has 0 spiro atoms. The van der Waals surface area contributed by atoms with E-state index in [2.05, 4.69) is 5.32 Å². The standard InChI is InChI=1S/C18H27ClN2O4/c1-18(2,3)25-17(23)20-15(16(22)24-5)12-13-6-8-14(9-7-13)21(4)11-10-19/h6-9,15H,10-12H2,1-5H3,(H,20,23). The van der Waals surface area contributed by atoms with Gasteiger partial charge >= 0.3 is 12.1 Å². The van der Waals surface area contributed by atoms with Crippen molar-refractivity contribution in [3.05, 3.63) is 29.8 Å². The van der Waals surface area contributed by atoms with Gasteiger partial charge in [-0.1, -0.05) is 12.1 Å². The molecule has 0 saturated carbocycles. The van der Waals surface area contributed by atoms with E-state index in [-0.39, 0.29) is 0 Å². The maximum atomic E-state index is 12.0. The van der Waals surface area contributed by atoms with Gasteiger partial charge in [-0.3, -0.25) is 0 Å². The van der Waals surface area contributed by atoms with Crippen LogP contribution in [0.5, 0.6) is 0 Å². The first kappa shape index (κ1) is 21.1. The van der Waals surface area contributed by atoms with Crippen LogP contribution in [-0.2, 0) is 20.7 Å². The third-order valence-corrected chi connectivity index (χ3v) is 3.58. The van der Waals surface area contributed by atoms with Crippen LogP contribution in [0.2, 0.25) is 0 Å². The fraction of sp³-hybridized carbons (Fsp3) is 0.556. The summed E-state index contributed by atoms with van der Waals surface area (Å²) in [5, 5.41) is 2.57. The maximum absolute atomic E-state index is 12.0. The monoisotopic (exact) mass is 370 g/mol. The van der Waals surface area contributed by atoms with E-state index in [0.717, 1.165) is 17.8 Å². The van der Waals surface area contributed by atoms with Crippen molar-refractivity contribution in [3.63, 3.8) is 0 Å². The van der Waals surface area contributed by atoms with Crippen molar-refractivity contribution < 1.29 is 19.1 Å². The lowest BCUT2D eigenvalue weighted by Crippen LogP contribution is -2.45. The van der Waals surface area contributed by atoms with Gasteiger partial charge in [0.05, 0.1) is 7.11 Å². The number of amides is 1. The minimum Gasteiger partial charge on any atom is -0.467 e. The van der Waals surface area contributed by atoms with Crippen molar-refractivity contribution in [2.75, 3.05) is 31.5 Å². The number of halogens is 1. The first-order valence-electron chi connectivity index (χ1n) is 8.09. The molecule has 0 aliphatic heterocycles. The molecular formula is C18H27ClN2O4. The maximum Gasteiger partial charge on any atom is 0.408 e. The summed E-state index contributed by atoms with van der Waals surface area (Å²) in [4.78, 5) is 25.9. The number of ether oxygens (including phenoxy) is 2. The Morgan fingerprint density at radius 1 is 1.24 bits per heavy atom. The van der Waals surface area contributed by atoms with E-state index in [1.807, 2.05) is 36.2 Å². The molecule has 6 nitrogen and oxygen atoms in total. The summed E-state index contributed by atoms with van der Waals surface area (Å²) in [6.07, 6.45) is -0.341. The lowest BCUT2D eigenvalue weighted by Gasteiger charge is -2.23. The minimum atomic E-state index is -0.814. The quantitative estimate of drug-likeness (QED) is 0.590. The number of carbonyl (C=O) groups excluding carboxylic acids is 2. The molecule has 0 saturated heterocycles. The van der Waals surface area contributed by atoms with Crippen LogP contribution in [-0.4, -0.2) is 50.3 Å². The largest absolute Gasteiger partial charge is 0.467 e. The molecule has 1 aromatic carbocycles. The number of rotatable bonds is 7. The third-order valence-electron chi connectivity index (χ3n) is 3.41. The molecule has 140 valence electrons. The molecule has 25 heavy (non-hydrogen) atoms. The molecule has 7 heteroatoms. The summed E-state index contributed by atoms with van der Waals surface area (Å²) < 4.78 is 9.98. The summed E-state index contributed by atoms with van der Waals surface area (Å²) >= 11 is 5.75. The van der Waals surface area contributed by atoms with Crippen molar-refractivity contribution in [1.29, 1.82) is 0 Å². The first-order valence-corrected chi connectivity index (χ1v) is 8.63. The van der Waals surface area contributed by atoms with Gasteiger partial charge in [0.15, 0.2) is 0 Å². The van der Waals surface area contributed by atoms with Gasteiger partial charge in [0.25, 0.3) is 0 Å². The second kappa shape index (κ2) is 9.51. The van der Waals surface area contributed by atoms with Gasteiger partial charge in [-0.25, -0.2) is 9.59 Å². The average molecular weight is 371 g/mol. The summed E-state index contributed by atoms with van der Waals surface area (Å²) in [7, 11) is 3.25. The third kappa shape index (κ3) is 7.65. The number of alkyl carbamates (subject to hydrolysis) is 1. The predicted molar refractivity (Wildman–Crippen MR) is 99.3 cm³/mol. The van der Waals surface area contributed by atoms with E-state index in [9.17, 15) is 9.59 Å². The van der Waals surface area contributed by atoms with Crippen LogP contribution in [0.4, 0.5) is 10.5 Å². The van der Waals surface area contributed by atoms with E-state index < -0.39 is 23.7 Å². The number of nitrogens with one attached hydrogen (secondary N) is 1. The van der Waals surface area contributed by atoms with Crippen molar-refractivity contribution >= 4 is 29.4 Å². The number of benzene rings is 1. The molecule has 0 radical (unpaired) electrons. The number of alkyl halides is 1. The van der Waals surface area contributed by atoms with Crippen molar-refractivity contribution in [1.82, 2.24) is 5.32 Å². The van der Waals surface area contributed by atoms with Gasteiger partial charge in [-0.2, -0.15) is 0 Å². The van der Waals surface area contributed by atoms with Gasteiger partial charge < -0.3 is 19.7 Å². The Hall–Kier alpha value is -1.95. The Bertz CT molecular complexity index is 569. The number of methoxy groups -OCH3 is 1. The molecule has 1 N–H and O–H groups in total. The van der Waals surface area contributed by atoms with E-state index in [1.54, 1.807) is 20.8 Å². The Kier molecular flexibility index (Phi) is 8.03. The highest BCUT2D eigenvalue weighted by Gasteiger charge is 2.25. The summed E-state index contributed by atoms with van der Waals surface area (Å²) in [6.45, 7) is 6.02. The predicted octanol–water partition coefficient (Wildman–Crippen LogP) is 2.97. The highest BCUT2D eigenvalue weighted by Crippen LogP contribution is 2.15. The molecule has 1 rings (SSSR count). The fourth-order valence-electron chi connectivity index (χ4n) is 2.16. The number of hydrogen-bond acceptors (Lipinski definition) is 5. The molecule has 0 aliphatic rings. The summed E-state index contributed by atoms with van der Waals surface area (Å²) in [5.74, 6) is 0.0249. The zero-order valence-electron chi connectivity index (χ0n) is 15.5. The van der Waals surface area contributed by atoms with Gasteiger partial charge in [0, 0.05) is 31.6 Å². The van der Waals surface area contributed by atoms with Crippen LogP contribution in [0.25, 0.3) is 0 Å². The van der Waals surface area contributed by atoms with Crippen molar-refractivity contribution in [2.45, 2.75) is 38.8 Å². The zero-order valence-corrected chi connectivity index (χ0v) is 16.2. The topological polar surface area (TPSA) is 67.9 Å². The highest BCUT2D eigenvalue weighted by molar-refractivity contribution is 6.18. The summed E-state index contributed by atoms with van der Waals surface area (Å²) in [6, 6.07) is 6.90. The highest BCUT2D eigenvalue weighted by atomic mass is 35.5. The van der Waals surface area contributed by atoms with Crippen LogP contribution < -0.4 is 10.2 Å². The smallest absolute Gasteiger partial charge is 0.408 e. The van der Waals surface area contributed by atoms with Crippen LogP contribution in [0.3, 0.4) is 0 Å². The van der Waals surface area contributed by atoms with E-state index in [0.29, 0.717) is 12.3 Å². The zero-order chi connectivity index (χ0) is 19.0. The van der Waals surface area contributed by atoms with E-state index >= 15 is 0 Å². The van der Waals surface area contributed by atoms with Crippen molar-refractivity contribution in [3.8, 4) is 0 Å². The average Bonchev–Trinajstić information content (AvgIpc) is 2.52. The SMILES string of the molecule is COC(=O)C(Cc1ccc(N(C)CCCl)cc1)NC(=O)OC(C)(C)C. The number of anilines is 1. The number of carbonyl (C=O) groups is 2. The minimum absolute atomic E-state index is 0.311. The molecule has 1 atom stereocenters. The van der Waals surface area contributed by atoms with Gasteiger partial charge in [-0.05, 0) is 38.5 Å². The molecule has 0 fully saturated rings. The van der Waals surface area contributed by atoms with Crippen LogP contribution in [0.1, 0.15) is 26.3 Å². The van der Waals surface area contributed by atoms with Gasteiger partial charge in [-0.15, -0.1) is 11.6 Å². The number of esters is 1. The second-order valence-corrected chi connectivity index (χ2v) is 7.08. The Labute approximate surface area is 154 Å². The molecule has 1 amide bonds. The molecule has 1 aromatic rings. The Morgan fingerprint density at radius 3 is 2.32 bits per heavy atom. The first-order chi connectivity index (χ1) is 11.7.